The van der Waals surface area contributed by atoms with Crippen LogP contribution in [0.5, 0.6) is 11.5 Å². The van der Waals surface area contributed by atoms with Crippen LogP contribution in [-0.2, 0) is 6.61 Å². The van der Waals surface area contributed by atoms with Gasteiger partial charge in [0.05, 0.1) is 25.0 Å². The largest absolute Gasteiger partial charge is 0.505 e. The number of rotatable bonds is 5. The van der Waals surface area contributed by atoms with Gasteiger partial charge in [-0.25, -0.2) is 4.39 Å². The predicted octanol–water partition coefficient (Wildman–Crippen LogP) is 1.87. The molecule has 0 atom stereocenters. The molecule has 0 aliphatic heterocycles. The zero-order valence-electron chi connectivity index (χ0n) is 9.01. The lowest BCUT2D eigenvalue weighted by Crippen LogP contribution is -2.29. The first-order valence-electron chi connectivity index (χ1n) is 4.67. The Morgan fingerprint density at radius 2 is 2.06 bits per heavy atom. The molecule has 0 unspecified atom stereocenters. The van der Waals surface area contributed by atoms with Gasteiger partial charge in [-0.05, 0) is 12.1 Å². The van der Waals surface area contributed by atoms with Crippen LogP contribution in [0.1, 0.15) is 5.56 Å². The molecule has 0 amide bonds. The number of halogens is 3. The Labute approximate surface area is 95.6 Å². The summed E-state index contributed by atoms with van der Waals surface area (Å²) in [5.41, 5.74) is -0.426. The van der Waals surface area contributed by atoms with Crippen molar-refractivity contribution in [3.8, 4) is 11.5 Å². The van der Waals surface area contributed by atoms with Gasteiger partial charge in [0.1, 0.15) is 11.5 Å². The van der Waals surface area contributed by atoms with Crippen LogP contribution in [0, 0.1) is 0 Å². The van der Waals surface area contributed by atoms with E-state index in [1.807, 2.05) is 0 Å². The Morgan fingerprint density at radius 3 is 2.53 bits per heavy atom. The van der Waals surface area contributed by atoms with Crippen molar-refractivity contribution in [1.82, 2.24) is 0 Å². The summed E-state index contributed by atoms with van der Waals surface area (Å²) < 4.78 is 42.3. The zero-order valence-corrected chi connectivity index (χ0v) is 9.01. The molecule has 1 rings (SSSR count). The van der Waals surface area contributed by atoms with Crippen molar-refractivity contribution < 1.29 is 28.1 Å². The van der Waals surface area contributed by atoms with Gasteiger partial charge in [0.2, 0.25) is 0 Å². The van der Waals surface area contributed by atoms with E-state index in [4.69, 9.17) is 9.84 Å². The molecule has 0 bridgehead atoms. The van der Waals surface area contributed by atoms with Crippen LogP contribution < -0.4 is 10.1 Å². The zero-order chi connectivity index (χ0) is 13.1. The van der Waals surface area contributed by atoms with Crippen molar-refractivity contribution in [2.75, 3.05) is 19.1 Å². The van der Waals surface area contributed by atoms with Gasteiger partial charge in [0, 0.05) is 0 Å². The van der Waals surface area contributed by atoms with Gasteiger partial charge in [-0.2, -0.15) is 8.78 Å². The molecule has 17 heavy (non-hydrogen) atoms. The number of alkyl halides is 3. The van der Waals surface area contributed by atoms with Crippen LogP contribution in [0.15, 0.2) is 12.1 Å². The minimum absolute atomic E-state index is 0.0489. The van der Waals surface area contributed by atoms with Crippen molar-refractivity contribution in [2.45, 2.75) is 12.7 Å². The van der Waals surface area contributed by atoms with E-state index in [-0.39, 0.29) is 17.0 Å². The minimum atomic E-state index is -3.78. The van der Waals surface area contributed by atoms with E-state index in [1.54, 1.807) is 0 Å². The van der Waals surface area contributed by atoms with Crippen molar-refractivity contribution in [2.24, 2.45) is 0 Å². The molecule has 0 aromatic heterocycles. The number of hydrogen-bond acceptors (Lipinski definition) is 4. The molecule has 0 aliphatic rings. The minimum Gasteiger partial charge on any atom is -0.505 e. The fourth-order valence-electron chi connectivity index (χ4n) is 1.29. The molecule has 4 nitrogen and oxygen atoms in total. The number of aliphatic hydroxyl groups is 1. The van der Waals surface area contributed by atoms with E-state index in [0.717, 1.165) is 6.07 Å². The molecule has 1 aromatic carbocycles. The highest BCUT2D eigenvalue weighted by atomic mass is 19.3. The SMILES string of the molecule is COc1ccc(NC(F)(F)CF)c(O)c1CO. The standard InChI is InChI=1S/C10H12F3NO3/c1-17-8-3-2-7(9(16)6(8)4-15)14-10(12,13)5-11/h2-3,14-16H,4-5H2,1H3. The molecular weight excluding hydrogens is 239 g/mol. The molecule has 0 aliphatic carbocycles. The smallest absolute Gasteiger partial charge is 0.351 e. The molecule has 0 spiro atoms. The van der Waals surface area contributed by atoms with Crippen LogP contribution in [0.2, 0.25) is 0 Å². The number of anilines is 1. The second-order valence-corrected chi connectivity index (χ2v) is 3.26. The highest BCUT2D eigenvalue weighted by molar-refractivity contribution is 5.63. The van der Waals surface area contributed by atoms with Crippen molar-refractivity contribution in [1.29, 1.82) is 0 Å². The third kappa shape index (κ3) is 2.94. The second kappa shape index (κ2) is 5.13. The fourth-order valence-corrected chi connectivity index (χ4v) is 1.29. The predicted molar refractivity (Wildman–Crippen MR) is 55.1 cm³/mol. The summed E-state index contributed by atoms with van der Waals surface area (Å²) in [6.07, 6.45) is 0. The van der Waals surface area contributed by atoms with Gasteiger partial charge >= 0.3 is 6.05 Å². The van der Waals surface area contributed by atoms with Crippen LogP contribution in [0.4, 0.5) is 18.9 Å². The first-order valence-corrected chi connectivity index (χ1v) is 4.67. The second-order valence-electron chi connectivity index (χ2n) is 3.26. The summed E-state index contributed by atoms with van der Waals surface area (Å²) in [6, 6.07) is -1.39. The quantitative estimate of drug-likeness (QED) is 0.552. The third-order valence-corrected chi connectivity index (χ3v) is 2.10. The van der Waals surface area contributed by atoms with Gasteiger partial charge in [-0.1, -0.05) is 0 Å². The Balaban J connectivity index is 3.11. The van der Waals surface area contributed by atoms with Gasteiger partial charge < -0.3 is 20.3 Å². The van der Waals surface area contributed by atoms with Crippen molar-refractivity contribution in [3.63, 3.8) is 0 Å². The topological polar surface area (TPSA) is 61.7 Å². The number of aliphatic hydroxyl groups excluding tert-OH is 1. The molecule has 1 aromatic rings. The molecule has 0 saturated carbocycles. The maximum Gasteiger partial charge on any atom is 0.351 e. The van der Waals surface area contributed by atoms with Crippen LogP contribution in [0.25, 0.3) is 0 Å². The molecule has 3 N–H and O–H groups in total. The first-order chi connectivity index (χ1) is 7.95. The van der Waals surface area contributed by atoms with Gasteiger partial charge in [-0.3, -0.25) is 0 Å². The molecule has 0 heterocycles. The molecular formula is C10H12F3NO3. The lowest BCUT2D eigenvalue weighted by molar-refractivity contribution is 0.00658. The number of benzene rings is 1. The fraction of sp³-hybridized carbons (Fsp3) is 0.400. The maximum atomic E-state index is 12.7. The number of ether oxygens (including phenoxy) is 1. The lowest BCUT2D eigenvalue weighted by atomic mass is 10.1. The van der Waals surface area contributed by atoms with Crippen molar-refractivity contribution >= 4 is 5.69 Å². The van der Waals surface area contributed by atoms with E-state index < -0.39 is 25.1 Å². The Bertz CT molecular complexity index is 399. The highest BCUT2D eigenvalue weighted by Gasteiger charge is 2.30. The summed E-state index contributed by atoms with van der Waals surface area (Å²) in [5.74, 6) is -0.445. The number of hydrogen-bond donors (Lipinski definition) is 3. The average molecular weight is 251 g/mol. The summed E-state index contributed by atoms with van der Waals surface area (Å²) in [5, 5.41) is 20.1. The molecule has 0 fully saturated rings. The summed E-state index contributed by atoms with van der Waals surface area (Å²) >= 11 is 0. The highest BCUT2D eigenvalue weighted by Crippen LogP contribution is 2.36. The monoisotopic (exact) mass is 251 g/mol. The van der Waals surface area contributed by atoms with E-state index in [1.165, 1.54) is 18.5 Å². The van der Waals surface area contributed by atoms with Crippen molar-refractivity contribution in [3.05, 3.63) is 17.7 Å². The molecule has 0 radical (unpaired) electrons. The molecule has 0 saturated heterocycles. The van der Waals surface area contributed by atoms with Gasteiger partial charge in [0.25, 0.3) is 0 Å². The van der Waals surface area contributed by atoms with E-state index in [9.17, 15) is 18.3 Å². The number of nitrogens with one attached hydrogen (secondary N) is 1. The average Bonchev–Trinajstić information content (AvgIpc) is 2.31. The molecule has 7 heteroatoms. The van der Waals surface area contributed by atoms with Crippen LogP contribution >= 0.6 is 0 Å². The lowest BCUT2D eigenvalue weighted by Gasteiger charge is -2.18. The Morgan fingerprint density at radius 1 is 1.41 bits per heavy atom. The van der Waals surface area contributed by atoms with E-state index >= 15 is 0 Å². The number of phenols is 1. The first kappa shape index (κ1) is 13.4. The van der Waals surface area contributed by atoms with Crippen LogP contribution in [0.3, 0.4) is 0 Å². The maximum absolute atomic E-state index is 12.7. The van der Waals surface area contributed by atoms with E-state index in [2.05, 4.69) is 0 Å². The Kier molecular flexibility index (Phi) is 4.06. The normalized spacial score (nSPS) is 11.4. The number of aromatic hydroxyl groups is 1. The number of methoxy groups -OCH3 is 1. The summed E-state index contributed by atoms with van der Waals surface area (Å²) in [7, 11) is 1.30. The van der Waals surface area contributed by atoms with E-state index in [0.29, 0.717) is 0 Å². The Hall–Kier alpha value is -1.63. The van der Waals surface area contributed by atoms with Gasteiger partial charge in [0.15, 0.2) is 6.67 Å². The third-order valence-electron chi connectivity index (χ3n) is 2.10. The summed E-state index contributed by atoms with van der Waals surface area (Å²) in [4.78, 5) is 0. The summed E-state index contributed by atoms with van der Waals surface area (Å²) in [6.45, 7) is -2.50. The van der Waals surface area contributed by atoms with Gasteiger partial charge in [-0.15, -0.1) is 0 Å². The van der Waals surface area contributed by atoms with Crippen LogP contribution in [-0.4, -0.2) is 30.0 Å². The molecule has 96 valence electrons.